The Bertz CT molecular complexity index is 590. The van der Waals surface area contributed by atoms with Crippen LogP contribution in [0.5, 0.6) is 0 Å². The fourth-order valence-electron chi connectivity index (χ4n) is 3.32. The fourth-order valence-corrected chi connectivity index (χ4v) is 3.49. The first kappa shape index (κ1) is 13.9. The van der Waals surface area contributed by atoms with Crippen LogP contribution < -0.4 is 5.73 Å². The third-order valence-corrected chi connectivity index (χ3v) is 4.61. The van der Waals surface area contributed by atoms with Gasteiger partial charge in [0.2, 0.25) is 0 Å². The van der Waals surface area contributed by atoms with Gasteiger partial charge in [-0.1, -0.05) is 24.1 Å². The number of aromatic nitrogens is 1. The highest BCUT2D eigenvalue weighted by atomic mass is 35.5. The predicted molar refractivity (Wildman–Crippen MR) is 85.0 cm³/mol. The van der Waals surface area contributed by atoms with Gasteiger partial charge in [-0.25, -0.2) is 0 Å². The molecule has 3 nitrogen and oxygen atoms in total. The van der Waals surface area contributed by atoms with E-state index in [2.05, 4.69) is 29.1 Å². The summed E-state index contributed by atoms with van der Waals surface area (Å²) in [4.78, 5) is 5.85. The molecule has 0 radical (unpaired) electrons. The van der Waals surface area contributed by atoms with Crippen molar-refractivity contribution >= 4 is 22.5 Å². The molecule has 2 atom stereocenters. The Hall–Kier alpha value is -1.03. The number of nitrogens with zero attached hydrogens (tertiary/aromatic N) is 1. The number of nitrogens with two attached hydrogens (primary N) is 1. The lowest BCUT2D eigenvalue weighted by Crippen LogP contribution is -2.48. The highest BCUT2D eigenvalue weighted by molar-refractivity contribution is 6.31. The van der Waals surface area contributed by atoms with E-state index in [0.717, 1.165) is 23.6 Å². The number of aromatic amines is 1. The molecular formula is C16H22ClN3. The Morgan fingerprint density at radius 3 is 3.10 bits per heavy atom. The zero-order valence-corrected chi connectivity index (χ0v) is 12.7. The molecule has 20 heavy (non-hydrogen) atoms. The third kappa shape index (κ3) is 2.71. The highest BCUT2D eigenvalue weighted by Gasteiger charge is 2.25. The Balaban J connectivity index is 1.84. The smallest absolute Gasteiger partial charge is 0.0472 e. The van der Waals surface area contributed by atoms with Gasteiger partial charge in [0.15, 0.2) is 0 Å². The molecule has 2 aromatic rings. The number of hydrogen-bond acceptors (Lipinski definition) is 2. The van der Waals surface area contributed by atoms with Crippen LogP contribution in [0.3, 0.4) is 0 Å². The second-order valence-corrected chi connectivity index (χ2v) is 6.33. The molecule has 3 rings (SSSR count). The van der Waals surface area contributed by atoms with Gasteiger partial charge in [-0.3, -0.25) is 4.90 Å². The van der Waals surface area contributed by atoms with Crippen molar-refractivity contribution in [2.24, 2.45) is 5.73 Å². The van der Waals surface area contributed by atoms with E-state index in [1.54, 1.807) is 0 Å². The molecule has 2 unspecified atom stereocenters. The van der Waals surface area contributed by atoms with Gasteiger partial charge in [0.05, 0.1) is 0 Å². The summed E-state index contributed by atoms with van der Waals surface area (Å²) in [5.41, 5.74) is 8.60. The molecule has 1 aliphatic heterocycles. The van der Waals surface area contributed by atoms with Crippen molar-refractivity contribution in [3.05, 3.63) is 35.0 Å². The number of hydrogen-bond donors (Lipinski definition) is 2. The topological polar surface area (TPSA) is 45.0 Å². The first-order valence-electron chi connectivity index (χ1n) is 7.40. The minimum atomic E-state index is 0.231. The van der Waals surface area contributed by atoms with E-state index in [0.29, 0.717) is 6.04 Å². The van der Waals surface area contributed by atoms with Gasteiger partial charge < -0.3 is 10.7 Å². The first-order chi connectivity index (χ1) is 9.65. The van der Waals surface area contributed by atoms with Crippen LogP contribution in [0, 0.1) is 0 Å². The van der Waals surface area contributed by atoms with Crippen LogP contribution in [0.25, 0.3) is 10.9 Å². The molecule has 2 heterocycles. The Labute approximate surface area is 125 Å². The molecule has 0 aliphatic carbocycles. The average Bonchev–Trinajstić information content (AvgIpc) is 2.81. The van der Waals surface area contributed by atoms with Gasteiger partial charge in [0.25, 0.3) is 0 Å². The van der Waals surface area contributed by atoms with Gasteiger partial charge >= 0.3 is 0 Å². The number of H-pyrrole nitrogens is 1. The monoisotopic (exact) mass is 291 g/mol. The molecule has 0 amide bonds. The zero-order valence-electron chi connectivity index (χ0n) is 11.9. The van der Waals surface area contributed by atoms with E-state index in [1.807, 2.05) is 12.1 Å². The number of likely N-dealkylation sites (tertiary alicyclic amines) is 1. The molecule has 1 fully saturated rings. The van der Waals surface area contributed by atoms with Crippen molar-refractivity contribution in [1.82, 2.24) is 9.88 Å². The third-order valence-electron chi connectivity index (χ3n) is 4.37. The van der Waals surface area contributed by atoms with Crippen LogP contribution in [0.2, 0.25) is 5.02 Å². The number of nitrogens with one attached hydrogen (secondary N) is 1. The van der Waals surface area contributed by atoms with E-state index in [-0.39, 0.29) is 6.04 Å². The van der Waals surface area contributed by atoms with Crippen molar-refractivity contribution in [3.8, 4) is 0 Å². The zero-order chi connectivity index (χ0) is 14.1. The minimum Gasteiger partial charge on any atom is -0.361 e. The van der Waals surface area contributed by atoms with Crippen LogP contribution in [-0.4, -0.2) is 28.5 Å². The molecule has 1 aromatic carbocycles. The Morgan fingerprint density at radius 2 is 2.30 bits per heavy atom. The van der Waals surface area contributed by atoms with E-state index >= 15 is 0 Å². The maximum atomic E-state index is 6.15. The summed E-state index contributed by atoms with van der Waals surface area (Å²) in [6, 6.07) is 6.78. The summed E-state index contributed by atoms with van der Waals surface area (Å²) >= 11 is 6.04. The summed E-state index contributed by atoms with van der Waals surface area (Å²) in [5.74, 6) is 0. The van der Waals surface area contributed by atoms with Crippen molar-refractivity contribution < 1.29 is 0 Å². The van der Waals surface area contributed by atoms with Crippen molar-refractivity contribution in [1.29, 1.82) is 0 Å². The molecule has 3 N–H and O–H groups in total. The van der Waals surface area contributed by atoms with Crippen molar-refractivity contribution in [3.63, 3.8) is 0 Å². The minimum absolute atomic E-state index is 0.231. The molecule has 108 valence electrons. The predicted octanol–water partition coefficient (Wildman–Crippen LogP) is 3.52. The molecule has 1 aromatic heterocycles. The normalized spacial score (nSPS) is 22.2. The highest BCUT2D eigenvalue weighted by Crippen LogP contribution is 2.26. The van der Waals surface area contributed by atoms with Gasteiger partial charge in [-0.15, -0.1) is 0 Å². The lowest BCUT2D eigenvalue weighted by atomic mass is 9.96. The molecule has 1 aliphatic rings. The molecule has 0 spiro atoms. The molecule has 0 bridgehead atoms. The molecule has 0 saturated carbocycles. The SMILES string of the molecule is CC(N)C1CCCCN1Cc1c[nH]c2cc(Cl)ccc12. The van der Waals surface area contributed by atoms with Gasteiger partial charge in [-0.2, -0.15) is 0 Å². The molecular weight excluding hydrogens is 270 g/mol. The lowest BCUT2D eigenvalue weighted by molar-refractivity contribution is 0.123. The fraction of sp³-hybridized carbons (Fsp3) is 0.500. The Kier molecular flexibility index (Phi) is 4.01. The van der Waals surface area contributed by atoms with E-state index in [4.69, 9.17) is 17.3 Å². The van der Waals surface area contributed by atoms with Crippen LogP contribution >= 0.6 is 11.6 Å². The van der Waals surface area contributed by atoms with Gasteiger partial charge in [0.1, 0.15) is 0 Å². The maximum Gasteiger partial charge on any atom is 0.0472 e. The summed E-state index contributed by atoms with van der Waals surface area (Å²) in [5, 5.41) is 2.04. The summed E-state index contributed by atoms with van der Waals surface area (Å²) in [7, 11) is 0. The van der Waals surface area contributed by atoms with E-state index in [9.17, 15) is 0 Å². The van der Waals surface area contributed by atoms with Crippen LogP contribution in [0.15, 0.2) is 24.4 Å². The Morgan fingerprint density at radius 1 is 1.45 bits per heavy atom. The quantitative estimate of drug-likeness (QED) is 0.909. The number of fused-ring (bicyclic) bond motifs is 1. The first-order valence-corrected chi connectivity index (χ1v) is 7.78. The largest absolute Gasteiger partial charge is 0.361 e. The van der Waals surface area contributed by atoms with E-state index < -0.39 is 0 Å². The van der Waals surface area contributed by atoms with Crippen LogP contribution in [-0.2, 0) is 6.54 Å². The summed E-state index contributed by atoms with van der Waals surface area (Å²) in [6.07, 6.45) is 5.89. The number of rotatable bonds is 3. The van der Waals surface area contributed by atoms with Crippen molar-refractivity contribution in [2.75, 3.05) is 6.54 Å². The summed E-state index contributed by atoms with van der Waals surface area (Å²) < 4.78 is 0. The number of piperidine rings is 1. The van der Waals surface area contributed by atoms with Crippen LogP contribution in [0.4, 0.5) is 0 Å². The molecule has 1 saturated heterocycles. The lowest BCUT2D eigenvalue weighted by Gasteiger charge is -2.38. The van der Waals surface area contributed by atoms with E-state index in [1.165, 1.54) is 30.2 Å². The average molecular weight is 292 g/mol. The number of halogens is 1. The second-order valence-electron chi connectivity index (χ2n) is 5.90. The van der Waals surface area contributed by atoms with Gasteiger partial charge in [0, 0.05) is 40.8 Å². The standard InChI is InChI=1S/C16H22ClN3/c1-11(18)16-4-2-3-7-20(16)10-12-9-19-15-8-13(17)5-6-14(12)15/h5-6,8-9,11,16,19H,2-4,7,10,18H2,1H3. The van der Waals surface area contributed by atoms with Crippen molar-refractivity contribution in [2.45, 2.75) is 44.8 Å². The molecule has 4 heteroatoms. The number of benzene rings is 1. The van der Waals surface area contributed by atoms with Gasteiger partial charge in [-0.05, 0) is 44.0 Å². The summed E-state index contributed by atoms with van der Waals surface area (Å²) in [6.45, 7) is 4.23. The maximum absolute atomic E-state index is 6.15. The second kappa shape index (κ2) is 5.76. The van der Waals surface area contributed by atoms with Crippen LogP contribution in [0.1, 0.15) is 31.7 Å².